The average Bonchev–Trinajstić information content (AvgIpc) is 2.39. The SMILES string of the molecule is N#CC(C(=O)c1ccc(Cl)cc1F)c1cccc(F)c1. The van der Waals surface area contributed by atoms with Crippen LogP contribution in [0.5, 0.6) is 0 Å². The van der Waals surface area contributed by atoms with Crippen molar-refractivity contribution in [3.05, 3.63) is 70.2 Å². The highest BCUT2D eigenvalue weighted by Gasteiger charge is 2.24. The molecule has 1 unspecified atom stereocenters. The molecule has 0 aliphatic carbocycles. The first-order chi connectivity index (χ1) is 9.52. The second kappa shape index (κ2) is 5.81. The minimum Gasteiger partial charge on any atom is -0.292 e. The molecule has 0 aromatic heterocycles. The summed E-state index contributed by atoms with van der Waals surface area (Å²) in [5.74, 6) is -3.36. The van der Waals surface area contributed by atoms with E-state index < -0.39 is 23.3 Å². The summed E-state index contributed by atoms with van der Waals surface area (Å²) >= 11 is 5.61. The number of ketones is 1. The number of carbonyl (C=O) groups excluding carboxylic acids is 1. The molecule has 0 amide bonds. The zero-order chi connectivity index (χ0) is 14.7. The molecular formula is C15H8ClF2NO. The van der Waals surface area contributed by atoms with Gasteiger partial charge in [-0.2, -0.15) is 5.26 Å². The lowest BCUT2D eigenvalue weighted by Gasteiger charge is -2.09. The molecule has 0 fully saturated rings. The van der Waals surface area contributed by atoms with Crippen molar-refractivity contribution in [2.45, 2.75) is 5.92 Å². The lowest BCUT2D eigenvalue weighted by molar-refractivity contribution is 0.0975. The quantitative estimate of drug-likeness (QED) is 0.799. The Morgan fingerprint density at radius 2 is 1.95 bits per heavy atom. The zero-order valence-corrected chi connectivity index (χ0v) is 10.9. The topological polar surface area (TPSA) is 40.9 Å². The number of carbonyl (C=O) groups is 1. The zero-order valence-electron chi connectivity index (χ0n) is 10.1. The third-order valence-electron chi connectivity index (χ3n) is 2.77. The van der Waals surface area contributed by atoms with Gasteiger partial charge in [-0.05, 0) is 35.9 Å². The molecule has 5 heteroatoms. The maximum atomic E-state index is 13.7. The first-order valence-electron chi connectivity index (χ1n) is 5.67. The van der Waals surface area contributed by atoms with E-state index in [1.54, 1.807) is 6.07 Å². The predicted octanol–water partition coefficient (Wildman–Crippen LogP) is 4.11. The van der Waals surface area contributed by atoms with E-state index in [0.29, 0.717) is 0 Å². The van der Waals surface area contributed by atoms with Crippen LogP contribution in [-0.2, 0) is 0 Å². The number of nitrogens with zero attached hydrogens (tertiary/aromatic N) is 1. The Bertz CT molecular complexity index is 709. The average molecular weight is 292 g/mol. The van der Waals surface area contributed by atoms with Crippen LogP contribution in [0.25, 0.3) is 0 Å². The van der Waals surface area contributed by atoms with Crippen LogP contribution in [0.1, 0.15) is 21.8 Å². The van der Waals surface area contributed by atoms with Gasteiger partial charge in [-0.1, -0.05) is 23.7 Å². The van der Waals surface area contributed by atoms with Crippen molar-refractivity contribution in [1.29, 1.82) is 5.26 Å². The van der Waals surface area contributed by atoms with E-state index in [2.05, 4.69) is 0 Å². The summed E-state index contributed by atoms with van der Waals surface area (Å²) in [5.41, 5.74) is -0.0583. The van der Waals surface area contributed by atoms with E-state index in [9.17, 15) is 13.6 Å². The summed E-state index contributed by atoms with van der Waals surface area (Å²) in [6, 6.07) is 10.5. The van der Waals surface area contributed by atoms with Crippen LogP contribution in [-0.4, -0.2) is 5.78 Å². The number of Topliss-reactive ketones (excluding diaryl/α,β-unsaturated/α-hetero) is 1. The minimum absolute atomic E-state index is 0.151. The van der Waals surface area contributed by atoms with Crippen LogP contribution in [0.3, 0.4) is 0 Å². The number of benzene rings is 2. The lowest BCUT2D eigenvalue weighted by atomic mass is 9.91. The van der Waals surface area contributed by atoms with Gasteiger partial charge in [0.15, 0.2) is 5.78 Å². The normalized spacial score (nSPS) is 11.7. The monoisotopic (exact) mass is 291 g/mol. The summed E-state index contributed by atoms with van der Waals surface area (Å²) in [6.07, 6.45) is 0. The first kappa shape index (κ1) is 14.2. The fourth-order valence-corrected chi connectivity index (χ4v) is 1.97. The number of rotatable bonds is 3. The molecule has 20 heavy (non-hydrogen) atoms. The Kier molecular flexibility index (Phi) is 4.11. The fraction of sp³-hybridized carbons (Fsp3) is 0.0667. The molecular weight excluding hydrogens is 284 g/mol. The molecule has 1 atom stereocenters. The van der Waals surface area contributed by atoms with Crippen LogP contribution < -0.4 is 0 Å². The summed E-state index contributed by atoms with van der Waals surface area (Å²) in [4.78, 5) is 12.2. The van der Waals surface area contributed by atoms with E-state index in [4.69, 9.17) is 16.9 Å². The highest BCUT2D eigenvalue weighted by molar-refractivity contribution is 6.30. The van der Waals surface area contributed by atoms with Crippen molar-refractivity contribution in [3.63, 3.8) is 0 Å². The molecule has 2 aromatic carbocycles. The second-order valence-electron chi connectivity index (χ2n) is 4.11. The van der Waals surface area contributed by atoms with Crippen LogP contribution in [0, 0.1) is 23.0 Å². The summed E-state index contributed by atoms with van der Waals surface area (Å²) in [7, 11) is 0. The molecule has 0 spiro atoms. The molecule has 2 nitrogen and oxygen atoms in total. The van der Waals surface area contributed by atoms with Crippen molar-refractivity contribution in [3.8, 4) is 6.07 Å². The fourth-order valence-electron chi connectivity index (χ4n) is 1.82. The van der Waals surface area contributed by atoms with Crippen LogP contribution >= 0.6 is 11.6 Å². The Labute approximate surface area is 119 Å². The van der Waals surface area contributed by atoms with E-state index in [1.807, 2.05) is 0 Å². The van der Waals surface area contributed by atoms with Gasteiger partial charge < -0.3 is 0 Å². The Balaban J connectivity index is 2.42. The van der Waals surface area contributed by atoms with Crippen molar-refractivity contribution in [2.75, 3.05) is 0 Å². The van der Waals surface area contributed by atoms with Crippen LogP contribution in [0.4, 0.5) is 8.78 Å². The summed E-state index contributed by atoms with van der Waals surface area (Å²) < 4.78 is 26.9. The van der Waals surface area contributed by atoms with Crippen molar-refractivity contribution < 1.29 is 13.6 Å². The molecule has 0 heterocycles. The molecule has 0 aliphatic heterocycles. The molecule has 0 bridgehead atoms. The van der Waals surface area contributed by atoms with Gasteiger partial charge in [0.05, 0.1) is 11.6 Å². The predicted molar refractivity (Wildman–Crippen MR) is 70.5 cm³/mol. The molecule has 0 saturated carbocycles. The summed E-state index contributed by atoms with van der Waals surface area (Å²) in [5, 5.41) is 9.26. The van der Waals surface area contributed by atoms with Crippen molar-refractivity contribution in [2.24, 2.45) is 0 Å². The molecule has 0 radical (unpaired) electrons. The van der Waals surface area contributed by atoms with E-state index in [0.717, 1.165) is 12.1 Å². The van der Waals surface area contributed by atoms with Crippen LogP contribution in [0.15, 0.2) is 42.5 Å². The maximum absolute atomic E-state index is 13.7. The Morgan fingerprint density at radius 3 is 2.55 bits per heavy atom. The van der Waals surface area contributed by atoms with Gasteiger partial charge in [-0.15, -0.1) is 0 Å². The molecule has 0 N–H and O–H groups in total. The Hall–Kier alpha value is -2.25. The number of hydrogen-bond acceptors (Lipinski definition) is 2. The van der Waals surface area contributed by atoms with Gasteiger partial charge in [0.25, 0.3) is 0 Å². The number of nitriles is 1. The van der Waals surface area contributed by atoms with E-state index in [1.165, 1.54) is 30.3 Å². The maximum Gasteiger partial charge on any atom is 0.187 e. The first-order valence-corrected chi connectivity index (χ1v) is 6.05. The second-order valence-corrected chi connectivity index (χ2v) is 4.54. The van der Waals surface area contributed by atoms with Crippen molar-refractivity contribution >= 4 is 17.4 Å². The van der Waals surface area contributed by atoms with E-state index in [-0.39, 0.29) is 16.1 Å². The third kappa shape index (κ3) is 2.84. The van der Waals surface area contributed by atoms with Gasteiger partial charge >= 0.3 is 0 Å². The lowest BCUT2D eigenvalue weighted by Crippen LogP contribution is -2.13. The number of hydrogen-bond donors (Lipinski definition) is 0. The van der Waals surface area contributed by atoms with Gasteiger partial charge in [0.2, 0.25) is 0 Å². The smallest absolute Gasteiger partial charge is 0.187 e. The number of halogens is 3. The molecule has 100 valence electrons. The van der Waals surface area contributed by atoms with E-state index >= 15 is 0 Å². The standard InChI is InChI=1S/C15H8ClF2NO/c16-10-4-5-12(14(18)7-10)15(20)13(8-19)9-2-1-3-11(17)6-9/h1-7,13H. The summed E-state index contributed by atoms with van der Waals surface area (Å²) in [6.45, 7) is 0. The van der Waals surface area contributed by atoms with Crippen LogP contribution in [0.2, 0.25) is 5.02 Å². The minimum atomic E-state index is -1.26. The van der Waals surface area contributed by atoms with Gasteiger partial charge in [0.1, 0.15) is 17.6 Å². The largest absolute Gasteiger partial charge is 0.292 e. The Morgan fingerprint density at radius 1 is 1.20 bits per heavy atom. The highest BCUT2D eigenvalue weighted by Crippen LogP contribution is 2.24. The molecule has 0 aliphatic rings. The van der Waals surface area contributed by atoms with Gasteiger partial charge in [-0.3, -0.25) is 4.79 Å². The molecule has 2 rings (SSSR count). The third-order valence-corrected chi connectivity index (χ3v) is 3.00. The van der Waals surface area contributed by atoms with Gasteiger partial charge in [0, 0.05) is 5.02 Å². The molecule has 0 saturated heterocycles. The van der Waals surface area contributed by atoms with Gasteiger partial charge in [-0.25, -0.2) is 8.78 Å². The highest BCUT2D eigenvalue weighted by atomic mass is 35.5. The molecule has 2 aromatic rings. The van der Waals surface area contributed by atoms with Crippen molar-refractivity contribution in [1.82, 2.24) is 0 Å².